The molecular weight excluding hydrogens is 843 g/mol. The average Bonchev–Trinajstić information content (AvgIpc) is 4.09. The van der Waals surface area contributed by atoms with Crippen LogP contribution in [0.4, 0.5) is 0 Å². The minimum absolute atomic E-state index is 0.562. The van der Waals surface area contributed by atoms with Crippen LogP contribution in [-0.2, 0) is 0 Å². The van der Waals surface area contributed by atoms with Crippen LogP contribution in [0.2, 0.25) is 0 Å². The molecule has 0 N–H and O–H groups in total. The lowest BCUT2D eigenvalue weighted by molar-refractivity contribution is 0.669. The van der Waals surface area contributed by atoms with Crippen molar-refractivity contribution in [2.24, 2.45) is 0 Å². The first-order valence-corrected chi connectivity index (χ1v) is 23.3. The lowest BCUT2D eigenvalue weighted by Gasteiger charge is -2.21. The summed E-state index contributed by atoms with van der Waals surface area (Å²) in [5.41, 5.74) is 15.2. The predicted molar refractivity (Wildman–Crippen MR) is 283 cm³/mol. The Morgan fingerprint density at radius 2 is 0.797 bits per heavy atom. The molecule has 4 aromatic heterocycles. The van der Waals surface area contributed by atoms with Crippen molar-refractivity contribution in [3.05, 3.63) is 237 Å². The van der Waals surface area contributed by atoms with Crippen LogP contribution in [0.15, 0.2) is 241 Å². The van der Waals surface area contributed by atoms with E-state index in [0.29, 0.717) is 17.5 Å². The van der Waals surface area contributed by atoms with E-state index in [2.05, 4.69) is 209 Å². The standard InChI is InChI=1S/C63H39N5O/c1-5-19-40(20-6-1)51-37-44(63-65-61(42-23-9-3-10-24-42)64-62(66-63)43-33-34-48-47-28-15-18-32-56(47)69-57(48)39-43)38-52(41-21-7-2-8-22-41)59(51)68-53-30-16-13-27-46(53)49-35-36-55-58(60(49)68)50-29-14-17-31-54(50)67(55)45-25-11-4-12-26-45/h1-39H. The van der Waals surface area contributed by atoms with Gasteiger partial charge >= 0.3 is 0 Å². The van der Waals surface area contributed by atoms with Gasteiger partial charge in [-0.3, -0.25) is 0 Å². The Morgan fingerprint density at radius 1 is 0.304 bits per heavy atom. The highest BCUT2D eigenvalue weighted by atomic mass is 16.3. The molecule has 0 radical (unpaired) electrons. The Kier molecular flexibility index (Phi) is 8.79. The highest BCUT2D eigenvalue weighted by molar-refractivity contribution is 6.26. The third-order valence-electron chi connectivity index (χ3n) is 13.5. The van der Waals surface area contributed by atoms with Gasteiger partial charge < -0.3 is 13.6 Å². The van der Waals surface area contributed by atoms with Crippen molar-refractivity contribution < 1.29 is 4.42 Å². The fraction of sp³-hybridized carbons (Fsp3) is 0. The number of nitrogens with zero attached hydrogens (tertiary/aromatic N) is 5. The maximum Gasteiger partial charge on any atom is 0.164 e. The Labute approximate surface area is 396 Å². The average molecular weight is 882 g/mol. The second kappa shape index (κ2) is 15.6. The van der Waals surface area contributed by atoms with E-state index in [1.165, 1.54) is 21.5 Å². The lowest BCUT2D eigenvalue weighted by atomic mass is 9.92. The van der Waals surface area contributed by atoms with Gasteiger partial charge in [-0.05, 0) is 71.8 Å². The van der Waals surface area contributed by atoms with Gasteiger partial charge in [0.05, 0.1) is 27.8 Å². The van der Waals surface area contributed by atoms with E-state index >= 15 is 0 Å². The second-order valence-electron chi connectivity index (χ2n) is 17.5. The summed E-state index contributed by atoms with van der Waals surface area (Å²) < 4.78 is 11.3. The smallest absolute Gasteiger partial charge is 0.164 e. The molecule has 0 saturated carbocycles. The topological polar surface area (TPSA) is 61.7 Å². The highest BCUT2D eigenvalue weighted by Crippen LogP contribution is 2.47. The van der Waals surface area contributed by atoms with E-state index < -0.39 is 0 Å². The molecule has 69 heavy (non-hydrogen) atoms. The molecule has 4 heterocycles. The van der Waals surface area contributed by atoms with Crippen LogP contribution in [0.3, 0.4) is 0 Å². The molecule has 0 amide bonds. The van der Waals surface area contributed by atoms with Gasteiger partial charge in [0, 0.05) is 65.8 Å². The number of benzene rings is 10. The molecular formula is C63H39N5O. The molecule has 0 fully saturated rings. The lowest BCUT2D eigenvalue weighted by Crippen LogP contribution is -2.04. The van der Waals surface area contributed by atoms with E-state index in [0.717, 1.165) is 94.3 Å². The van der Waals surface area contributed by atoms with E-state index in [1.807, 2.05) is 36.4 Å². The van der Waals surface area contributed by atoms with E-state index in [9.17, 15) is 0 Å². The fourth-order valence-electron chi connectivity index (χ4n) is 10.5. The Bertz CT molecular complexity index is 4230. The number of para-hydroxylation sites is 4. The van der Waals surface area contributed by atoms with E-state index in [4.69, 9.17) is 19.4 Å². The van der Waals surface area contributed by atoms with Crippen molar-refractivity contribution in [1.29, 1.82) is 0 Å². The molecule has 0 bridgehead atoms. The van der Waals surface area contributed by atoms with Gasteiger partial charge in [-0.1, -0.05) is 176 Å². The van der Waals surface area contributed by atoms with Crippen molar-refractivity contribution in [2.75, 3.05) is 0 Å². The van der Waals surface area contributed by atoms with Crippen LogP contribution in [0.1, 0.15) is 0 Å². The molecule has 0 aliphatic heterocycles. The van der Waals surface area contributed by atoms with Gasteiger partial charge in [0.1, 0.15) is 11.2 Å². The van der Waals surface area contributed by atoms with Crippen molar-refractivity contribution in [3.63, 3.8) is 0 Å². The third-order valence-corrected chi connectivity index (χ3v) is 13.5. The van der Waals surface area contributed by atoms with Crippen LogP contribution in [0.25, 0.3) is 133 Å². The first-order chi connectivity index (χ1) is 34.2. The zero-order valence-electron chi connectivity index (χ0n) is 37.2. The summed E-state index contributed by atoms with van der Waals surface area (Å²) in [6.45, 7) is 0. The molecule has 322 valence electrons. The van der Waals surface area contributed by atoms with E-state index in [-0.39, 0.29) is 0 Å². The fourth-order valence-corrected chi connectivity index (χ4v) is 10.5. The van der Waals surface area contributed by atoms with Gasteiger partial charge in [-0.15, -0.1) is 0 Å². The third kappa shape index (κ3) is 6.23. The largest absolute Gasteiger partial charge is 0.456 e. The zero-order valence-corrected chi connectivity index (χ0v) is 37.2. The molecule has 0 unspecified atom stereocenters. The number of hydrogen-bond donors (Lipinski definition) is 0. The van der Waals surface area contributed by atoms with Gasteiger partial charge in [0.2, 0.25) is 0 Å². The summed E-state index contributed by atoms with van der Waals surface area (Å²) in [4.78, 5) is 15.8. The maximum atomic E-state index is 6.38. The van der Waals surface area contributed by atoms with Gasteiger partial charge in [-0.2, -0.15) is 0 Å². The Morgan fingerprint density at radius 3 is 1.46 bits per heavy atom. The summed E-state index contributed by atoms with van der Waals surface area (Å²) in [6, 6.07) is 83.5. The summed E-state index contributed by atoms with van der Waals surface area (Å²) in [6.07, 6.45) is 0. The molecule has 6 heteroatoms. The molecule has 14 aromatic rings. The minimum Gasteiger partial charge on any atom is -0.456 e. The summed E-state index contributed by atoms with van der Waals surface area (Å²) >= 11 is 0. The normalized spacial score (nSPS) is 11.8. The Balaban J connectivity index is 1.10. The molecule has 0 saturated heterocycles. The number of furan rings is 1. The zero-order chi connectivity index (χ0) is 45.4. The molecule has 6 nitrogen and oxygen atoms in total. The van der Waals surface area contributed by atoms with Crippen molar-refractivity contribution in [1.82, 2.24) is 24.1 Å². The minimum atomic E-state index is 0.562. The first-order valence-electron chi connectivity index (χ1n) is 23.3. The molecule has 0 atom stereocenters. The summed E-state index contributed by atoms with van der Waals surface area (Å²) in [5.74, 6) is 1.72. The van der Waals surface area contributed by atoms with Crippen molar-refractivity contribution >= 4 is 65.6 Å². The number of fused-ring (bicyclic) bond motifs is 10. The van der Waals surface area contributed by atoms with Crippen LogP contribution in [0, 0.1) is 0 Å². The number of aromatic nitrogens is 5. The monoisotopic (exact) mass is 881 g/mol. The van der Waals surface area contributed by atoms with Crippen molar-refractivity contribution in [2.45, 2.75) is 0 Å². The summed E-state index contributed by atoms with van der Waals surface area (Å²) in [5, 5.41) is 6.89. The van der Waals surface area contributed by atoms with Gasteiger partial charge in [0.15, 0.2) is 17.5 Å². The molecule has 10 aromatic carbocycles. The SMILES string of the molecule is c1ccc(-c2nc(-c3cc(-c4ccccc4)c(-n4c5ccccc5c5ccc6c(c7ccccc7n6-c6ccccc6)c54)c(-c4ccccc4)c3)nc(-c3ccc4c(c3)oc3ccccc34)n2)cc1. The highest BCUT2D eigenvalue weighted by Gasteiger charge is 2.26. The van der Waals surface area contributed by atoms with E-state index in [1.54, 1.807) is 0 Å². The van der Waals surface area contributed by atoms with Gasteiger partial charge in [0.25, 0.3) is 0 Å². The van der Waals surface area contributed by atoms with Crippen LogP contribution in [-0.4, -0.2) is 24.1 Å². The quantitative estimate of drug-likeness (QED) is 0.160. The molecule has 0 spiro atoms. The van der Waals surface area contributed by atoms with Crippen LogP contribution in [0.5, 0.6) is 0 Å². The van der Waals surface area contributed by atoms with Gasteiger partial charge in [-0.25, -0.2) is 15.0 Å². The molecule has 14 rings (SSSR count). The number of rotatable bonds is 7. The van der Waals surface area contributed by atoms with Crippen LogP contribution >= 0.6 is 0 Å². The van der Waals surface area contributed by atoms with Crippen LogP contribution < -0.4 is 0 Å². The second-order valence-corrected chi connectivity index (χ2v) is 17.5. The molecule has 0 aliphatic rings. The molecule has 0 aliphatic carbocycles. The summed E-state index contributed by atoms with van der Waals surface area (Å²) in [7, 11) is 0. The Hall–Kier alpha value is -9.39. The first kappa shape index (κ1) is 38.8. The maximum absolute atomic E-state index is 6.38. The van der Waals surface area contributed by atoms with Crippen molar-refractivity contribution in [3.8, 4) is 67.8 Å². The number of hydrogen-bond acceptors (Lipinski definition) is 4. The predicted octanol–water partition coefficient (Wildman–Crippen LogP) is 16.3.